The number of methoxy groups -OCH3 is 1. The van der Waals surface area contributed by atoms with Gasteiger partial charge in [-0.1, -0.05) is 22.0 Å². The molecule has 1 aromatic heterocycles. The Balaban J connectivity index is 2.15. The Morgan fingerprint density at radius 3 is 2.72 bits per heavy atom. The molecule has 0 atom stereocenters. The van der Waals surface area contributed by atoms with E-state index in [1.165, 1.54) is 0 Å². The number of aromatic nitrogens is 1. The van der Waals surface area contributed by atoms with Gasteiger partial charge in [0.15, 0.2) is 0 Å². The first-order valence-corrected chi connectivity index (χ1v) is 6.52. The van der Waals surface area contributed by atoms with Gasteiger partial charge in [-0.05, 0) is 48.2 Å². The molecule has 4 heteroatoms. The minimum absolute atomic E-state index is 0.603. The van der Waals surface area contributed by atoms with E-state index in [-0.39, 0.29) is 0 Å². The molecule has 2 rings (SSSR count). The molecule has 0 aliphatic carbocycles. The Bertz CT molecular complexity index is 543. The second-order valence-corrected chi connectivity index (χ2v) is 4.92. The van der Waals surface area contributed by atoms with Crippen molar-refractivity contribution in [1.82, 2.24) is 4.98 Å². The zero-order valence-electron chi connectivity index (χ0n) is 10.2. The molecule has 0 radical (unpaired) electrons. The monoisotopic (exact) mass is 306 g/mol. The zero-order chi connectivity index (χ0) is 13.0. The highest BCUT2D eigenvalue weighted by Gasteiger charge is 2.06. The maximum Gasteiger partial charge on any atom is 0.126 e. The van der Waals surface area contributed by atoms with E-state index in [1.807, 2.05) is 24.3 Å². The standard InChI is InChI=1S/C14H15BrN2O/c1-18-13-7-6-12(15)9-11(13)5-4-10-3-2-8-17-14(10)16/h2-3,6-9H,4-5H2,1H3,(H2,16,17). The van der Waals surface area contributed by atoms with Gasteiger partial charge in [0, 0.05) is 10.7 Å². The fraction of sp³-hybridized carbons (Fsp3) is 0.214. The number of ether oxygens (including phenoxy) is 1. The second-order valence-electron chi connectivity index (χ2n) is 4.00. The molecular formula is C14H15BrN2O. The third kappa shape index (κ3) is 3.01. The minimum Gasteiger partial charge on any atom is -0.496 e. The van der Waals surface area contributed by atoms with E-state index in [0.717, 1.165) is 34.2 Å². The van der Waals surface area contributed by atoms with E-state index in [9.17, 15) is 0 Å². The molecule has 94 valence electrons. The molecule has 18 heavy (non-hydrogen) atoms. The normalized spacial score (nSPS) is 10.3. The van der Waals surface area contributed by atoms with Crippen LogP contribution >= 0.6 is 15.9 Å². The number of nitrogen functional groups attached to an aromatic ring is 1. The lowest BCUT2D eigenvalue weighted by atomic mass is 10.0. The molecule has 0 unspecified atom stereocenters. The highest BCUT2D eigenvalue weighted by molar-refractivity contribution is 9.10. The van der Waals surface area contributed by atoms with E-state index < -0.39 is 0 Å². The first-order chi connectivity index (χ1) is 8.70. The van der Waals surface area contributed by atoms with Crippen LogP contribution in [0.5, 0.6) is 5.75 Å². The number of benzene rings is 1. The van der Waals surface area contributed by atoms with Gasteiger partial charge in [0.05, 0.1) is 7.11 Å². The average molecular weight is 307 g/mol. The largest absolute Gasteiger partial charge is 0.496 e. The van der Waals surface area contributed by atoms with E-state index in [1.54, 1.807) is 13.3 Å². The van der Waals surface area contributed by atoms with Crippen molar-refractivity contribution in [1.29, 1.82) is 0 Å². The fourth-order valence-electron chi connectivity index (χ4n) is 1.87. The molecule has 0 saturated carbocycles. The number of halogens is 1. The van der Waals surface area contributed by atoms with Crippen molar-refractivity contribution in [3.05, 3.63) is 52.1 Å². The lowest BCUT2D eigenvalue weighted by Gasteiger charge is -2.09. The molecule has 1 aromatic carbocycles. The number of pyridine rings is 1. The minimum atomic E-state index is 0.603. The quantitative estimate of drug-likeness (QED) is 0.943. The van der Waals surface area contributed by atoms with E-state index in [0.29, 0.717) is 5.82 Å². The molecule has 0 fully saturated rings. The van der Waals surface area contributed by atoms with Gasteiger partial charge in [-0.25, -0.2) is 4.98 Å². The lowest BCUT2D eigenvalue weighted by Crippen LogP contribution is -2.00. The van der Waals surface area contributed by atoms with Crippen LogP contribution in [0.25, 0.3) is 0 Å². The van der Waals surface area contributed by atoms with Gasteiger partial charge in [-0.15, -0.1) is 0 Å². The summed E-state index contributed by atoms with van der Waals surface area (Å²) in [6, 6.07) is 9.93. The summed E-state index contributed by atoms with van der Waals surface area (Å²) in [6.07, 6.45) is 3.43. The predicted molar refractivity (Wildman–Crippen MR) is 76.8 cm³/mol. The maximum absolute atomic E-state index is 5.83. The van der Waals surface area contributed by atoms with Crippen molar-refractivity contribution in [3.63, 3.8) is 0 Å². The molecule has 0 saturated heterocycles. The number of nitrogens with two attached hydrogens (primary N) is 1. The van der Waals surface area contributed by atoms with Crippen molar-refractivity contribution in [2.24, 2.45) is 0 Å². The summed E-state index contributed by atoms with van der Waals surface area (Å²) < 4.78 is 6.40. The molecule has 2 N–H and O–H groups in total. The van der Waals surface area contributed by atoms with Gasteiger partial charge in [-0.2, -0.15) is 0 Å². The summed E-state index contributed by atoms with van der Waals surface area (Å²) in [5, 5.41) is 0. The van der Waals surface area contributed by atoms with Gasteiger partial charge in [0.2, 0.25) is 0 Å². The van der Waals surface area contributed by atoms with Crippen LogP contribution in [0.15, 0.2) is 41.0 Å². The molecule has 0 amide bonds. The summed E-state index contributed by atoms with van der Waals surface area (Å²) >= 11 is 3.47. The Kier molecular flexibility index (Phi) is 4.20. The number of rotatable bonds is 4. The van der Waals surface area contributed by atoms with E-state index in [4.69, 9.17) is 10.5 Å². The number of hydrogen-bond acceptors (Lipinski definition) is 3. The van der Waals surface area contributed by atoms with Crippen molar-refractivity contribution >= 4 is 21.7 Å². The third-order valence-corrected chi connectivity index (χ3v) is 3.33. The third-order valence-electron chi connectivity index (χ3n) is 2.83. The Labute approximate surface area is 115 Å². The SMILES string of the molecule is COc1ccc(Br)cc1CCc1cccnc1N. The molecule has 3 nitrogen and oxygen atoms in total. The van der Waals surface area contributed by atoms with Crippen molar-refractivity contribution in [3.8, 4) is 5.75 Å². The van der Waals surface area contributed by atoms with Gasteiger partial charge in [0.1, 0.15) is 11.6 Å². The van der Waals surface area contributed by atoms with Crippen LogP contribution in [0, 0.1) is 0 Å². The lowest BCUT2D eigenvalue weighted by molar-refractivity contribution is 0.409. The summed E-state index contributed by atoms with van der Waals surface area (Å²) in [5.74, 6) is 1.51. The molecule has 1 heterocycles. The topological polar surface area (TPSA) is 48.1 Å². The summed E-state index contributed by atoms with van der Waals surface area (Å²) in [6.45, 7) is 0. The number of anilines is 1. The Morgan fingerprint density at radius 1 is 1.22 bits per heavy atom. The molecule has 0 aliphatic rings. The van der Waals surface area contributed by atoms with Gasteiger partial charge in [0.25, 0.3) is 0 Å². The summed E-state index contributed by atoms with van der Waals surface area (Å²) in [5.41, 5.74) is 8.06. The summed E-state index contributed by atoms with van der Waals surface area (Å²) in [7, 11) is 1.69. The van der Waals surface area contributed by atoms with Crippen LogP contribution in [0.2, 0.25) is 0 Å². The number of hydrogen-bond donors (Lipinski definition) is 1. The van der Waals surface area contributed by atoms with Crippen LogP contribution in [-0.4, -0.2) is 12.1 Å². The fourth-order valence-corrected chi connectivity index (χ4v) is 2.28. The van der Waals surface area contributed by atoms with Crippen LogP contribution in [0.1, 0.15) is 11.1 Å². The molecule has 2 aromatic rings. The van der Waals surface area contributed by atoms with Gasteiger partial charge < -0.3 is 10.5 Å². The Morgan fingerprint density at radius 2 is 2.00 bits per heavy atom. The zero-order valence-corrected chi connectivity index (χ0v) is 11.8. The van der Waals surface area contributed by atoms with Crippen LogP contribution in [0.4, 0.5) is 5.82 Å². The smallest absolute Gasteiger partial charge is 0.126 e. The highest BCUT2D eigenvalue weighted by atomic mass is 79.9. The van der Waals surface area contributed by atoms with Crippen molar-refractivity contribution < 1.29 is 4.74 Å². The molecular weight excluding hydrogens is 292 g/mol. The van der Waals surface area contributed by atoms with Crippen LogP contribution in [-0.2, 0) is 12.8 Å². The number of aryl methyl sites for hydroxylation is 2. The molecule has 0 spiro atoms. The average Bonchev–Trinajstić information content (AvgIpc) is 2.38. The molecule has 0 aliphatic heterocycles. The first-order valence-electron chi connectivity index (χ1n) is 5.72. The second kappa shape index (κ2) is 5.87. The first kappa shape index (κ1) is 12.9. The van der Waals surface area contributed by atoms with Crippen molar-refractivity contribution in [2.75, 3.05) is 12.8 Å². The maximum atomic E-state index is 5.83. The van der Waals surface area contributed by atoms with Crippen LogP contribution < -0.4 is 10.5 Å². The number of nitrogens with zero attached hydrogens (tertiary/aromatic N) is 1. The van der Waals surface area contributed by atoms with Gasteiger partial charge in [-0.3, -0.25) is 0 Å². The van der Waals surface area contributed by atoms with Crippen LogP contribution in [0.3, 0.4) is 0 Å². The highest BCUT2D eigenvalue weighted by Crippen LogP contribution is 2.24. The predicted octanol–water partition coefficient (Wildman–Crippen LogP) is 3.22. The van der Waals surface area contributed by atoms with Gasteiger partial charge >= 0.3 is 0 Å². The molecule has 0 bridgehead atoms. The Hall–Kier alpha value is -1.55. The van der Waals surface area contributed by atoms with Crippen molar-refractivity contribution in [2.45, 2.75) is 12.8 Å². The van der Waals surface area contributed by atoms with E-state index >= 15 is 0 Å². The summed E-state index contributed by atoms with van der Waals surface area (Å²) in [4.78, 5) is 4.09. The van der Waals surface area contributed by atoms with E-state index in [2.05, 4.69) is 27.0 Å².